The molecule has 1 aromatic heterocycles. The lowest BCUT2D eigenvalue weighted by atomic mass is 10.1. The lowest BCUT2D eigenvalue weighted by molar-refractivity contribution is 0.303. The Morgan fingerprint density at radius 1 is 1.15 bits per heavy atom. The zero-order chi connectivity index (χ0) is 13.5. The van der Waals surface area contributed by atoms with E-state index in [1.165, 1.54) is 0 Å². The Labute approximate surface area is 116 Å². The number of rotatable bonds is 4. The fourth-order valence-electron chi connectivity index (χ4n) is 2.28. The van der Waals surface area contributed by atoms with Gasteiger partial charge in [-0.1, -0.05) is 12.1 Å². The summed E-state index contributed by atoms with van der Waals surface area (Å²) in [6.07, 6.45) is 4.90. The van der Waals surface area contributed by atoms with E-state index in [0.29, 0.717) is 12.0 Å². The molecule has 20 heavy (non-hydrogen) atoms. The molecule has 4 nitrogen and oxygen atoms in total. The van der Waals surface area contributed by atoms with E-state index in [1.54, 1.807) is 6.07 Å². The van der Waals surface area contributed by atoms with Gasteiger partial charge >= 0.3 is 0 Å². The topological polar surface area (TPSA) is 55.0 Å². The van der Waals surface area contributed by atoms with Gasteiger partial charge in [-0.05, 0) is 37.8 Å². The normalized spacial score (nSPS) is 18.0. The van der Waals surface area contributed by atoms with Crippen molar-refractivity contribution in [2.75, 3.05) is 0 Å². The zero-order valence-electron chi connectivity index (χ0n) is 11.1. The third-order valence-corrected chi connectivity index (χ3v) is 3.68. The lowest BCUT2D eigenvalue weighted by Crippen LogP contribution is -2.10. The number of hydrogen-bond acceptors (Lipinski definition) is 3. The van der Waals surface area contributed by atoms with E-state index in [9.17, 15) is 4.79 Å². The number of nitrogens with zero attached hydrogens (tertiary/aromatic N) is 1. The Kier molecular flexibility index (Phi) is 2.62. The molecule has 2 aliphatic carbocycles. The molecule has 0 aliphatic heterocycles. The standard InChI is InChI=1S/C16H16N2O2/c19-15-9-14(17-16(18-15)10-4-5-10)11-2-1-3-13(8-11)20-12-6-7-12/h1-3,8-10,12H,4-7H2,(H,17,18,19). The van der Waals surface area contributed by atoms with Crippen molar-refractivity contribution in [3.05, 3.63) is 46.5 Å². The van der Waals surface area contributed by atoms with Gasteiger partial charge in [0.25, 0.3) is 5.56 Å². The minimum Gasteiger partial charge on any atom is -0.490 e. The minimum atomic E-state index is -0.0783. The van der Waals surface area contributed by atoms with Crippen molar-refractivity contribution in [3.63, 3.8) is 0 Å². The molecule has 1 N–H and O–H groups in total. The van der Waals surface area contributed by atoms with E-state index in [-0.39, 0.29) is 5.56 Å². The summed E-state index contributed by atoms with van der Waals surface area (Å²) < 4.78 is 5.79. The molecule has 2 saturated carbocycles. The molecule has 2 aliphatic rings. The number of ether oxygens (including phenoxy) is 1. The summed E-state index contributed by atoms with van der Waals surface area (Å²) in [5.41, 5.74) is 1.60. The highest BCUT2D eigenvalue weighted by atomic mass is 16.5. The monoisotopic (exact) mass is 268 g/mol. The van der Waals surface area contributed by atoms with Crippen LogP contribution in [0.2, 0.25) is 0 Å². The molecule has 0 amide bonds. The highest BCUT2D eigenvalue weighted by Gasteiger charge is 2.26. The van der Waals surface area contributed by atoms with Gasteiger partial charge in [-0.2, -0.15) is 0 Å². The van der Waals surface area contributed by atoms with Crippen LogP contribution in [0.25, 0.3) is 11.3 Å². The maximum atomic E-state index is 11.8. The van der Waals surface area contributed by atoms with Crippen LogP contribution in [0.1, 0.15) is 37.4 Å². The largest absolute Gasteiger partial charge is 0.490 e. The van der Waals surface area contributed by atoms with E-state index in [0.717, 1.165) is 48.5 Å². The van der Waals surface area contributed by atoms with Gasteiger partial charge in [0.2, 0.25) is 0 Å². The van der Waals surface area contributed by atoms with Crippen LogP contribution < -0.4 is 10.3 Å². The summed E-state index contributed by atoms with van der Waals surface area (Å²) in [6, 6.07) is 9.40. The first kappa shape index (κ1) is 11.7. The predicted octanol–water partition coefficient (Wildman–Crippen LogP) is 2.86. The molecule has 1 aromatic carbocycles. The fraction of sp³-hybridized carbons (Fsp3) is 0.375. The number of H-pyrrole nitrogens is 1. The van der Waals surface area contributed by atoms with Gasteiger partial charge in [-0.15, -0.1) is 0 Å². The lowest BCUT2D eigenvalue weighted by Gasteiger charge is -2.07. The van der Waals surface area contributed by atoms with Gasteiger partial charge in [0.05, 0.1) is 11.8 Å². The molecule has 0 unspecified atom stereocenters. The van der Waals surface area contributed by atoms with Crippen molar-refractivity contribution >= 4 is 0 Å². The summed E-state index contributed by atoms with van der Waals surface area (Å²) in [6.45, 7) is 0. The van der Waals surface area contributed by atoms with Crippen molar-refractivity contribution in [2.45, 2.75) is 37.7 Å². The maximum Gasteiger partial charge on any atom is 0.251 e. The third-order valence-electron chi connectivity index (χ3n) is 3.68. The van der Waals surface area contributed by atoms with Crippen molar-refractivity contribution in [2.24, 2.45) is 0 Å². The highest BCUT2D eigenvalue weighted by molar-refractivity contribution is 5.60. The van der Waals surface area contributed by atoms with Crippen LogP contribution in [0, 0.1) is 0 Å². The van der Waals surface area contributed by atoms with E-state index in [1.807, 2.05) is 24.3 Å². The van der Waals surface area contributed by atoms with Crippen LogP contribution in [-0.2, 0) is 0 Å². The maximum absolute atomic E-state index is 11.8. The Bertz CT molecular complexity index is 700. The fourth-order valence-corrected chi connectivity index (χ4v) is 2.28. The van der Waals surface area contributed by atoms with E-state index in [2.05, 4.69) is 9.97 Å². The van der Waals surface area contributed by atoms with Gasteiger partial charge in [-0.3, -0.25) is 4.79 Å². The average molecular weight is 268 g/mol. The van der Waals surface area contributed by atoms with Gasteiger partial charge in [0.15, 0.2) is 0 Å². The molecule has 0 bridgehead atoms. The average Bonchev–Trinajstić information content (AvgIpc) is 3.32. The quantitative estimate of drug-likeness (QED) is 0.927. The van der Waals surface area contributed by atoms with Crippen LogP contribution in [0.5, 0.6) is 5.75 Å². The summed E-state index contributed by atoms with van der Waals surface area (Å²) in [5, 5.41) is 0. The Balaban J connectivity index is 1.70. The summed E-state index contributed by atoms with van der Waals surface area (Å²) in [5.74, 6) is 2.12. The second-order valence-electron chi connectivity index (χ2n) is 5.64. The van der Waals surface area contributed by atoms with Crippen molar-refractivity contribution in [1.82, 2.24) is 9.97 Å². The summed E-state index contributed by atoms with van der Waals surface area (Å²) >= 11 is 0. The minimum absolute atomic E-state index is 0.0783. The van der Waals surface area contributed by atoms with Crippen molar-refractivity contribution in [1.29, 1.82) is 0 Å². The molecular formula is C16H16N2O2. The molecule has 0 saturated heterocycles. The number of aromatic amines is 1. The first-order valence-corrected chi connectivity index (χ1v) is 7.16. The number of nitrogens with one attached hydrogen (secondary N) is 1. The van der Waals surface area contributed by atoms with E-state index < -0.39 is 0 Å². The van der Waals surface area contributed by atoms with Gasteiger partial charge < -0.3 is 9.72 Å². The van der Waals surface area contributed by atoms with Crippen molar-refractivity contribution < 1.29 is 4.74 Å². The first-order valence-electron chi connectivity index (χ1n) is 7.16. The third kappa shape index (κ3) is 2.46. The molecule has 0 radical (unpaired) electrons. The summed E-state index contributed by atoms with van der Waals surface area (Å²) in [7, 11) is 0. The second kappa shape index (κ2) is 4.47. The molecular weight excluding hydrogens is 252 g/mol. The zero-order valence-corrected chi connectivity index (χ0v) is 11.1. The van der Waals surface area contributed by atoms with E-state index in [4.69, 9.17) is 4.74 Å². The van der Waals surface area contributed by atoms with Crippen LogP contribution >= 0.6 is 0 Å². The van der Waals surface area contributed by atoms with Gasteiger partial charge in [-0.25, -0.2) is 4.98 Å². The Morgan fingerprint density at radius 3 is 2.75 bits per heavy atom. The number of hydrogen-bond donors (Lipinski definition) is 1. The number of benzene rings is 1. The smallest absolute Gasteiger partial charge is 0.251 e. The van der Waals surface area contributed by atoms with Crippen molar-refractivity contribution in [3.8, 4) is 17.0 Å². The Hall–Kier alpha value is -2.10. The summed E-state index contributed by atoms with van der Waals surface area (Å²) in [4.78, 5) is 19.2. The molecule has 102 valence electrons. The molecule has 4 rings (SSSR count). The second-order valence-corrected chi connectivity index (χ2v) is 5.64. The van der Waals surface area contributed by atoms with Crippen LogP contribution in [0.3, 0.4) is 0 Å². The molecule has 0 spiro atoms. The predicted molar refractivity (Wildman–Crippen MR) is 75.9 cm³/mol. The highest BCUT2D eigenvalue weighted by Crippen LogP contribution is 2.38. The first-order chi connectivity index (χ1) is 9.78. The van der Waals surface area contributed by atoms with E-state index >= 15 is 0 Å². The van der Waals surface area contributed by atoms with Gasteiger partial charge in [0, 0.05) is 17.5 Å². The molecule has 2 fully saturated rings. The SMILES string of the molecule is O=c1cc(-c2cccc(OC3CC3)c2)nc(C2CC2)[nH]1. The number of aromatic nitrogens is 2. The molecule has 1 heterocycles. The molecule has 4 heteroatoms. The Morgan fingerprint density at radius 2 is 2.00 bits per heavy atom. The van der Waals surface area contributed by atoms with Gasteiger partial charge in [0.1, 0.15) is 11.6 Å². The molecule has 2 aromatic rings. The van der Waals surface area contributed by atoms with Crippen LogP contribution in [-0.4, -0.2) is 16.1 Å². The van der Waals surface area contributed by atoms with Crippen LogP contribution in [0.15, 0.2) is 35.1 Å². The van der Waals surface area contributed by atoms with Crippen LogP contribution in [0.4, 0.5) is 0 Å². The molecule has 0 atom stereocenters.